The molecule has 102 valence electrons. The molecule has 0 amide bonds. The summed E-state index contributed by atoms with van der Waals surface area (Å²) in [6, 6.07) is 9.77. The van der Waals surface area contributed by atoms with E-state index in [-0.39, 0.29) is 5.82 Å². The molecule has 0 bridgehead atoms. The first-order chi connectivity index (χ1) is 9.17. The van der Waals surface area contributed by atoms with Crippen molar-refractivity contribution in [2.24, 2.45) is 0 Å². The highest BCUT2D eigenvalue weighted by atomic mass is 32.1. The minimum atomic E-state index is -0.134. The van der Waals surface area contributed by atoms with E-state index in [1.165, 1.54) is 10.9 Å². The van der Waals surface area contributed by atoms with E-state index in [2.05, 4.69) is 18.3 Å². The molecule has 1 atom stereocenters. The van der Waals surface area contributed by atoms with Crippen LogP contribution in [0.15, 0.2) is 30.3 Å². The molecule has 0 aliphatic rings. The normalized spacial score (nSPS) is 12.6. The van der Waals surface area contributed by atoms with Crippen LogP contribution in [-0.2, 0) is 0 Å². The zero-order valence-electron chi connectivity index (χ0n) is 11.7. The summed E-state index contributed by atoms with van der Waals surface area (Å²) < 4.78 is 14.0. The lowest BCUT2D eigenvalue weighted by molar-refractivity contribution is 0.550. The molecule has 1 unspecified atom stereocenters. The Morgan fingerprint density at radius 3 is 2.68 bits per heavy atom. The summed E-state index contributed by atoms with van der Waals surface area (Å²) in [5.41, 5.74) is 1.73. The molecule has 0 fully saturated rings. The summed E-state index contributed by atoms with van der Waals surface area (Å²) in [5.74, 6) is -0.134. The third kappa shape index (κ3) is 3.04. The zero-order chi connectivity index (χ0) is 13.8. The maximum absolute atomic E-state index is 14.0. The lowest BCUT2D eigenvalue weighted by atomic mass is 10.1. The molecule has 0 saturated heterocycles. The van der Waals surface area contributed by atoms with Crippen molar-refractivity contribution in [3.63, 3.8) is 0 Å². The van der Waals surface area contributed by atoms with Crippen LogP contribution in [0.2, 0.25) is 0 Å². The van der Waals surface area contributed by atoms with E-state index >= 15 is 0 Å². The largest absolute Gasteiger partial charge is 0.312 e. The minimum Gasteiger partial charge on any atom is -0.312 e. The second kappa shape index (κ2) is 6.31. The second-order valence-electron chi connectivity index (χ2n) is 4.76. The topological polar surface area (TPSA) is 12.0 Å². The molecule has 1 heterocycles. The van der Waals surface area contributed by atoms with Crippen LogP contribution in [0.1, 0.15) is 36.2 Å². The van der Waals surface area contributed by atoms with E-state index in [1.807, 2.05) is 26.1 Å². The van der Waals surface area contributed by atoms with Crippen molar-refractivity contribution in [1.82, 2.24) is 5.32 Å². The van der Waals surface area contributed by atoms with Gasteiger partial charge in [0.1, 0.15) is 5.82 Å². The Bertz CT molecular complexity index is 527. The maximum atomic E-state index is 14.0. The predicted molar refractivity (Wildman–Crippen MR) is 81.2 cm³/mol. The van der Waals surface area contributed by atoms with Gasteiger partial charge in [-0.2, -0.15) is 0 Å². The summed E-state index contributed by atoms with van der Waals surface area (Å²) >= 11 is 1.68. The van der Waals surface area contributed by atoms with Crippen LogP contribution in [0.4, 0.5) is 4.39 Å². The molecular weight excluding hydrogens is 257 g/mol. The van der Waals surface area contributed by atoms with Gasteiger partial charge in [-0.05, 0) is 44.2 Å². The molecule has 1 aromatic carbocycles. The Labute approximate surface area is 118 Å². The van der Waals surface area contributed by atoms with Gasteiger partial charge in [-0.3, -0.25) is 0 Å². The van der Waals surface area contributed by atoms with Gasteiger partial charge < -0.3 is 5.32 Å². The molecule has 0 spiro atoms. The highest BCUT2D eigenvalue weighted by Gasteiger charge is 2.14. The van der Waals surface area contributed by atoms with Crippen molar-refractivity contribution in [1.29, 1.82) is 0 Å². The van der Waals surface area contributed by atoms with Crippen LogP contribution in [0.5, 0.6) is 0 Å². The Morgan fingerprint density at radius 1 is 1.26 bits per heavy atom. The highest BCUT2D eigenvalue weighted by molar-refractivity contribution is 7.15. The second-order valence-corrected chi connectivity index (χ2v) is 5.88. The summed E-state index contributed by atoms with van der Waals surface area (Å²) in [6.45, 7) is 4.14. The van der Waals surface area contributed by atoms with Crippen LogP contribution in [0.3, 0.4) is 0 Å². The van der Waals surface area contributed by atoms with Gasteiger partial charge in [-0.15, -0.1) is 11.3 Å². The lowest BCUT2D eigenvalue weighted by Gasteiger charge is -2.12. The van der Waals surface area contributed by atoms with Gasteiger partial charge >= 0.3 is 0 Å². The first-order valence-corrected chi connectivity index (χ1v) is 7.51. The first kappa shape index (κ1) is 14.2. The molecule has 1 nitrogen and oxygen atoms in total. The fourth-order valence-corrected chi connectivity index (χ4v) is 3.60. The molecule has 1 aromatic heterocycles. The highest BCUT2D eigenvalue weighted by Crippen LogP contribution is 2.35. The smallest absolute Gasteiger partial charge is 0.132 e. The summed E-state index contributed by atoms with van der Waals surface area (Å²) in [4.78, 5) is 2.30. The molecule has 0 aliphatic carbocycles. The summed E-state index contributed by atoms with van der Waals surface area (Å²) in [6.07, 6.45) is 2.24. The van der Waals surface area contributed by atoms with Crippen molar-refractivity contribution < 1.29 is 4.39 Å². The van der Waals surface area contributed by atoms with E-state index < -0.39 is 0 Å². The summed E-state index contributed by atoms with van der Waals surface area (Å²) in [7, 11) is 1.98. The van der Waals surface area contributed by atoms with Crippen molar-refractivity contribution in [3.8, 4) is 10.4 Å². The van der Waals surface area contributed by atoms with E-state index in [4.69, 9.17) is 0 Å². The Morgan fingerprint density at radius 2 is 2.05 bits per heavy atom. The number of halogens is 1. The third-order valence-corrected chi connectivity index (χ3v) is 4.58. The van der Waals surface area contributed by atoms with Crippen LogP contribution in [0.25, 0.3) is 10.4 Å². The Balaban J connectivity index is 2.35. The van der Waals surface area contributed by atoms with E-state index in [1.54, 1.807) is 17.4 Å². The molecule has 0 radical (unpaired) electrons. The van der Waals surface area contributed by atoms with Crippen LogP contribution in [0, 0.1) is 12.7 Å². The lowest BCUT2D eigenvalue weighted by Crippen LogP contribution is -2.14. The molecule has 1 N–H and O–H groups in total. The van der Waals surface area contributed by atoms with Crippen LogP contribution in [-0.4, -0.2) is 7.05 Å². The van der Waals surface area contributed by atoms with Crippen molar-refractivity contribution in [2.45, 2.75) is 32.7 Å². The fourth-order valence-electron chi connectivity index (χ4n) is 2.34. The minimum absolute atomic E-state index is 0.134. The standard InChI is InChI=1S/C16H20FNS/c1-4-6-13(18-3)14-9-10-15(19-14)16-11(2)7-5-8-12(16)17/h5,7-10,13,18H,4,6H2,1-3H3. The number of rotatable bonds is 5. The zero-order valence-corrected chi connectivity index (χ0v) is 12.5. The molecule has 3 heteroatoms. The quantitative estimate of drug-likeness (QED) is 0.817. The average Bonchev–Trinajstić information content (AvgIpc) is 2.85. The number of benzene rings is 1. The molecule has 0 saturated carbocycles. The summed E-state index contributed by atoms with van der Waals surface area (Å²) in [5, 5.41) is 3.33. The third-order valence-electron chi connectivity index (χ3n) is 3.36. The number of thiophene rings is 1. The van der Waals surface area contributed by atoms with Crippen LogP contribution < -0.4 is 5.32 Å². The van der Waals surface area contributed by atoms with Gasteiger partial charge in [0, 0.05) is 21.4 Å². The molecule has 0 aliphatic heterocycles. The fraction of sp³-hybridized carbons (Fsp3) is 0.375. The van der Waals surface area contributed by atoms with Crippen molar-refractivity contribution >= 4 is 11.3 Å². The number of aryl methyl sites for hydroxylation is 1. The average molecular weight is 277 g/mol. The SMILES string of the molecule is CCCC(NC)c1ccc(-c2c(C)cccc2F)s1. The number of nitrogens with one attached hydrogen (secondary N) is 1. The maximum Gasteiger partial charge on any atom is 0.132 e. The van der Waals surface area contributed by atoms with Gasteiger partial charge in [0.25, 0.3) is 0 Å². The molecular formula is C16H20FNS. The number of hydrogen-bond acceptors (Lipinski definition) is 2. The van der Waals surface area contributed by atoms with E-state index in [0.717, 1.165) is 28.8 Å². The van der Waals surface area contributed by atoms with Gasteiger partial charge in [0.15, 0.2) is 0 Å². The van der Waals surface area contributed by atoms with Crippen molar-refractivity contribution in [3.05, 3.63) is 46.6 Å². The van der Waals surface area contributed by atoms with Crippen LogP contribution >= 0.6 is 11.3 Å². The number of hydrogen-bond donors (Lipinski definition) is 1. The van der Waals surface area contributed by atoms with Gasteiger partial charge in [-0.25, -0.2) is 4.39 Å². The van der Waals surface area contributed by atoms with Gasteiger partial charge in [0.2, 0.25) is 0 Å². The van der Waals surface area contributed by atoms with Crippen molar-refractivity contribution in [2.75, 3.05) is 7.05 Å². The first-order valence-electron chi connectivity index (χ1n) is 6.69. The predicted octanol–water partition coefficient (Wildman–Crippen LogP) is 4.92. The molecule has 2 rings (SSSR count). The Kier molecular flexibility index (Phi) is 4.72. The Hall–Kier alpha value is -1.19. The molecule has 19 heavy (non-hydrogen) atoms. The van der Waals surface area contributed by atoms with Gasteiger partial charge in [-0.1, -0.05) is 25.5 Å². The molecule has 2 aromatic rings. The monoisotopic (exact) mass is 277 g/mol. The van der Waals surface area contributed by atoms with E-state index in [0.29, 0.717) is 6.04 Å². The van der Waals surface area contributed by atoms with Gasteiger partial charge in [0.05, 0.1) is 0 Å². The van der Waals surface area contributed by atoms with E-state index in [9.17, 15) is 4.39 Å².